The Labute approximate surface area is 153 Å². The Kier molecular flexibility index (Phi) is 6.36. The zero-order valence-corrected chi connectivity index (χ0v) is 15.7. The third kappa shape index (κ3) is 4.90. The van der Waals surface area contributed by atoms with Crippen molar-refractivity contribution in [3.8, 4) is 0 Å². The molecule has 2 atom stereocenters. The lowest BCUT2D eigenvalue weighted by Gasteiger charge is -2.17. The number of nitrogens with zero attached hydrogens (tertiary/aromatic N) is 2. The average molecular weight is 382 g/mol. The van der Waals surface area contributed by atoms with Gasteiger partial charge >= 0.3 is 0 Å². The van der Waals surface area contributed by atoms with E-state index in [1.54, 1.807) is 0 Å². The van der Waals surface area contributed by atoms with E-state index in [9.17, 15) is 8.78 Å². The van der Waals surface area contributed by atoms with Gasteiger partial charge in [-0.05, 0) is 25.5 Å². The van der Waals surface area contributed by atoms with Crippen molar-refractivity contribution in [3.05, 3.63) is 58.1 Å². The van der Waals surface area contributed by atoms with Gasteiger partial charge in [0.25, 0.3) is 5.66 Å². The fourth-order valence-electron chi connectivity index (χ4n) is 2.42. The van der Waals surface area contributed by atoms with E-state index in [4.69, 9.17) is 17.0 Å². The zero-order valence-electron chi connectivity index (χ0n) is 13.8. The number of alkyl halides is 2. The van der Waals surface area contributed by atoms with E-state index in [2.05, 4.69) is 23.6 Å². The first-order valence-corrected chi connectivity index (χ1v) is 8.71. The van der Waals surface area contributed by atoms with Crippen LogP contribution in [0.1, 0.15) is 30.9 Å². The van der Waals surface area contributed by atoms with Crippen LogP contribution in [0.4, 0.5) is 8.78 Å². The van der Waals surface area contributed by atoms with E-state index in [0.717, 1.165) is 12.8 Å². The van der Waals surface area contributed by atoms with Crippen molar-refractivity contribution in [1.82, 2.24) is 0 Å². The fourth-order valence-corrected chi connectivity index (χ4v) is 2.84. The molecule has 0 amide bonds. The predicted molar refractivity (Wildman–Crippen MR) is 104 cm³/mol. The van der Waals surface area contributed by atoms with E-state index in [-0.39, 0.29) is 17.2 Å². The molecule has 1 aliphatic carbocycles. The van der Waals surface area contributed by atoms with Crippen LogP contribution in [0.2, 0.25) is 0 Å². The van der Waals surface area contributed by atoms with Crippen LogP contribution in [-0.2, 0) is 5.66 Å². The van der Waals surface area contributed by atoms with Crippen LogP contribution in [0.3, 0.4) is 0 Å². The topological polar surface area (TPSA) is 48.6 Å². The van der Waals surface area contributed by atoms with Crippen LogP contribution in [0, 0.1) is 11.3 Å². The van der Waals surface area contributed by atoms with Crippen molar-refractivity contribution in [2.24, 2.45) is 15.9 Å². The predicted octanol–water partition coefficient (Wildman–Crippen LogP) is 5.51. The van der Waals surface area contributed by atoms with Crippen LogP contribution in [-0.4, -0.2) is 18.4 Å². The molecule has 2 rings (SSSR count). The lowest BCUT2D eigenvalue weighted by atomic mass is 9.93. The largest absolute Gasteiger partial charge is 0.283 e. The molecule has 0 fully saturated rings. The molecule has 1 aromatic carbocycles. The molecule has 3 nitrogen and oxygen atoms in total. The standard InChI is InChI=1S/C18H19ClF2N3P/c1-3-11-4-9-15(19)14(10-11)17(23-2)24-16(22)12-5-7-13(8-6-12)18(20,21)25/h5-11,22H,2-4,25H2,1H3. The molecular formula is C18H19ClF2N3P. The molecular weight excluding hydrogens is 363 g/mol. The van der Waals surface area contributed by atoms with E-state index in [1.165, 1.54) is 33.5 Å². The van der Waals surface area contributed by atoms with Crippen molar-refractivity contribution in [2.45, 2.75) is 25.4 Å². The van der Waals surface area contributed by atoms with Crippen LogP contribution in [0.25, 0.3) is 0 Å². The molecule has 2 unspecified atom stereocenters. The number of nitrogens with one attached hydrogen (secondary N) is 1. The number of allylic oxidation sites excluding steroid dienone is 2. The van der Waals surface area contributed by atoms with Crippen molar-refractivity contribution in [2.75, 3.05) is 0 Å². The highest BCUT2D eigenvalue weighted by atomic mass is 35.5. The van der Waals surface area contributed by atoms with Crippen molar-refractivity contribution in [1.29, 1.82) is 5.41 Å². The molecule has 1 aromatic rings. The quantitative estimate of drug-likeness (QED) is 0.406. The number of hydrogen-bond donors (Lipinski definition) is 1. The van der Waals surface area contributed by atoms with Gasteiger partial charge in [0.2, 0.25) is 0 Å². The summed E-state index contributed by atoms with van der Waals surface area (Å²) >= 11 is 6.25. The third-order valence-electron chi connectivity index (χ3n) is 3.94. The zero-order chi connectivity index (χ0) is 18.6. The Morgan fingerprint density at radius 1 is 1.40 bits per heavy atom. The van der Waals surface area contributed by atoms with E-state index < -0.39 is 5.66 Å². The summed E-state index contributed by atoms with van der Waals surface area (Å²) < 4.78 is 26.5. The summed E-state index contributed by atoms with van der Waals surface area (Å²) in [5, 5.41) is 8.64. The molecule has 0 aliphatic heterocycles. The third-order valence-corrected chi connectivity index (χ3v) is 4.63. The van der Waals surface area contributed by atoms with Crippen LogP contribution in [0.5, 0.6) is 0 Å². The molecule has 25 heavy (non-hydrogen) atoms. The molecule has 0 saturated heterocycles. The molecule has 1 N–H and O–H groups in total. The summed E-state index contributed by atoms with van der Waals surface area (Å²) in [6, 6.07) is 5.41. The minimum atomic E-state index is -3.00. The fraction of sp³-hybridized carbons (Fsp3) is 0.278. The summed E-state index contributed by atoms with van der Waals surface area (Å²) in [6.07, 6.45) is 5.70. The van der Waals surface area contributed by atoms with Gasteiger partial charge in [0, 0.05) is 21.7 Å². The molecule has 0 saturated carbocycles. The Morgan fingerprint density at radius 2 is 2.04 bits per heavy atom. The lowest BCUT2D eigenvalue weighted by molar-refractivity contribution is 0.104. The highest BCUT2D eigenvalue weighted by Crippen LogP contribution is 2.34. The molecule has 0 radical (unpaired) electrons. The normalized spacial score (nSPS) is 18.4. The molecule has 0 spiro atoms. The summed E-state index contributed by atoms with van der Waals surface area (Å²) in [5.74, 6) is 0.497. The second-order valence-electron chi connectivity index (χ2n) is 5.68. The molecule has 1 aliphatic rings. The Morgan fingerprint density at radius 3 is 2.56 bits per heavy atom. The van der Waals surface area contributed by atoms with Gasteiger partial charge in [-0.15, -0.1) is 0 Å². The maximum Gasteiger partial charge on any atom is 0.283 e. The Balaban J connectivity index is 2.30. The van der Waals surface area contributed by atoms with Gasteiger partial charge in [-0.3, -0.25) is 5.41 Å². The number of aliphatic imine (C=N–C) groups is 2. The van der Waals surface area contributed by atoms with Gasteiger partial charge < -0.3 is 0 Å². The first-order chi connectivity index (χ1) is 11.8. The van der Waals surface area contributed by atoms with Crippen LogP contribution in [0.15, 0.2) is 57.0 Å². The van der Waals surface area contributed by atoms with Crippen molar-refractivity contribution in [3.63, 3.8) is 0 Å². The second kappa shape index (κ2) is 8.11. The first kappa shape index (κ1) is 19.6. The van der Waals surface area contributed by atoms with Crippen molar-refractivity contribution >= 4 is 39.2 Å². The van der Waals surface area contributed by atoms with E-state index in [1.807, 2.05) is 12.2 Å². The molecule has 0 aromatic heterocycles. The summed E-state index contributed by atoms with van der Waals surface area (Å²) in [5.41, 5.74) is -2.10. The molecule has 132 valence electrons. The number of rotatable bonds is 4. The Bertz CT molecular complexity index is 762. The van der Waals surface area contributed by atoms with Gasteiger partial charge in [-0.2, -0.15) is 8.78 Å². The number of amidine groups is 2. The van der Waals surface area contributed by atoms with E-state index in [0.29, 0.717) is 22.1 Å². The monoisotopic (exact) mass is 381 g/mol. The SMILES string of the molecule is C=NC(=NC(=N)c1ccc(C(F)(F)P)cc1)C1=CC(CC)CC=C1Cl. The Hall–Kier alpha value is -1.71. The van der Waals surface area contributed by atoms with Gasteiger partial charge in [0.1, 0.15) is 0 Å². The average Bonchev–Trinajstić information content (AvgIpc) is 2.59. The smallest absolute Gasteiger partial charge is 0.282 e. The molecule has 0 bridgehead atoms. The van der Waals surface area contributed by atoms with Crippen molar-refractivity contribution < 1.29 is 8.78 Å². The molecule has 0 heterocycles. The first-order valence-electron chi connectivity index (χ1n) is 7.76. The minimum absolute atomic E-state index is 0.0926. The molecule has 7 heteroatoms. The number of hydrogen-bond acceptors (Lipinski definition) is 1. The summed E-state index contributed by atoms with van der Waals surface area (Å²) in [7, 11) is 1.49. The maximum atomic E-state index is 13.2. The van der Waals surface area contributed by atoms with Gasteiger partial charge in [-0.25, -0.2) is 9.98 Å². The summed E-state index contributed by atoms with van der Waals surface area (Å²) in [6.45, 7) is 5.59. The second-order valence-corrected chi connectivity index (χ2v) is 6.81. The van der Waals surface area contributed by atoms with Gasteiger partial charge in [0.05, 0.1) is 0 Å². The number of halogens is 3. The highest BCUT2D eigenvalue weighted by molar-refractivity contribution is 7.17. The van der Waals surface area contributed by atoms with Crippen LogP contribution >= 0.6 is 20.8 Å². The number of benzene rings is 1. The lowest BCUT2D eigenvalue weighted by Crippen LogP contribution is -2.11. The summed E-state index contributed by atoms with van der Waals surface area (Å²) in [4.78, 5) is 8.08. The maximum absolute atomic E-state index is 13.2. The van der Waals surface area contributed by atoms with Gasteiger partial charge in [0.15, 0.2) is 11.7 Å². The highest BCUT2D eigenvalue weighted by Gasteiger charge is 2.24. The van der Waals surface area contributed by atoms with Crippen LogP contribution < -0.4 is 0 Å². The van der Waals surface area contributed by atoms with E-state index >= 15 is 0 Å². The van der Waals surface area contributed by atoms with Gasteiger partial charge in [-0.1, -0.05) is 64.2 Å². The minimum Gasteiger partial charge on any atom is -0.282 e.